The second kappa shape index (κ2) is 4.40. The SMILES string of the molecule is CC1(C)CNC(CCO)CN(C2CC2)C1. The van der Waals surface area contributed by atoms with E-state index in [1.165, 1.54) is 19.4 Å². The molecule has 1 aliphatic carbocycles. The lowest BCUT2D eigenvalue weighted by molar-refractivity contribution is 0.187. The monoisotopic (exact) mass is 212 g/mol. The summed E-state index contributed by atoms with van der Waals surface area (Å²) in [6, 6.07) is 1.32. The van der Waals surface area contributed by atoms with Crippen molar-refractivity contribution in [3.63, 3.8) is 0 Å². The van der Waals surface area contributed by atoms with Gasteiger partial charge in [0.25, 0.3) is 0 Å². The molecule has 0 bridgehead atoms. The summed E-state index contributed by atoms with van der Waals surface area (Å²) in [6.45, 7) is 8.35. The number of nitrogens with one attached hydrogen (secondary N) is 1. The summed E-state index contributed by atoms with van der Waals surface area (Å²) >= 11 is 0. The Hall–Kier alpha value is -0.120. The van der Waals surface area contributed by atoms with Gasteiger partial charge in [-0.3, -0.25) is 4.90 Å². The van der Waals surface area contributed by atoms with Gasteiger partial charge in [-0.25, -0.2) is 0 Å². The van der Waals surface area contributed by atoms with Crippen LogP contribution >= 0.6 is 0 Å². The van der Waals surface area contributed by atoms with Crippen molar-refractivity contribution in [3.8, 4) is 0 Å². The molecule has 3 heteroatoms. The van der Waals surface area contributed by atoms with Crippen molar-refractivity contribution in [2.24, 2.45) is 5.41 Å². The average Bonchev–Trinajstić information content (AvgIpc) is 2.94. The van der Waals surface area contributed by atoms with Gasteiger partial charge in [-0.05, 0) is 24.7 Å². The molecule has 1 saturated carbocycles. The molecule has 2 aliphatic rings. The maximum absolute atomic E-state index is 9.02. The molecule has 2 N–H and O–H groups in total. The average molecular weight is 212 g/mol. The third-order valence-corrected chi connectivity index (χ3v) is 3.50. The first-order valence-electron chi connectivity index (χ1n) is 6.19. The van der Waals surface area contributed by atoms with Gasteiger partial charge in [0.2, 0.25) is 0 Å². The molecule has 1 aliphatic heterocycles. The second-order valence-electron chi connectivity index (χ2n) is 5.91. The first-order chi connectivity index (χ1) is 7.11. The van der Waals surface area contributed by atoms with Gasteiger partial charge >= 0.3 is 0 Å². The van der Waals surface area contributed by atoms with Crippen LogP contribution < -0.4 is 5.32 Å². The predicted molar refractivity (Wildman–Crippen MR) is 61.9 cm³/mol. The number of aliphatic hydroxyl groups is 1. The minimum absolute atomic E-state index is 0.302. The quantitative estimate of drug-likeness (QED) is 0.727. The molecule has 0 aromatic carbocycles. The zero-order valence-electron chi connectivity index (χ0n) is 10.00. The molecule has 1 atom stereocenters. The first kappa shape index (κ1) is 11.4. The van der Waals surface area contributed by atoms with E-state index in [9.17, 15) is 0 Å². The van der Waals surface area contributed by atoms with Crippen molar-refractivity contribution in [1.82, 2.24) is 10.2 Å². The van der Waals surface area contributed by atoms with Crippen molar-refractivity contribution in [1.29, 1.82) is 0 Å². The molecule has 88 valence electrons. The number of nitrogens with zero attached hydrogens (tertiary/aromatic N) is 1. The van der Waals surface area contributed by atoms with Crippen LogP contribution in [0.5, 0.6) is 0 Å². The summed E-state index contributed by atoms with van der Waals surface area (Å²) in [6.07, 6.45) is 3.64. The van der Waals surface area contributed by atoms with Crippen LogP contribution in [0.25, 0.3) is 0 Å². The van der Waals surface area contributed by atoms with Gasteiger partial charge in [0.1, 0.15) is 0 Å². The van der Waals surface area contributed by atoms with Crippen molar-refractivity contribution in [2.75, 3.05) is 26.2 Å². The summed E-state index contributed by atoms with van der Waals surface area (Å²) in [5, 5.41) is 12.6. The topological polar surface area (TPSA) is 35.5 Å². The van der Waals surface area contributed by atoms with Crippen LogP contribution in [0.15, 0.2) is 0 Å². The summed E-state index contributed by atoms with van der Waals surface area (Å²) in [5.74, 6) is 0. The van der Waals surface area contributed by atoms with Gasteiger partial charge in [0.15, 0.2) is 0 Å². The normalized spacial score (nSPS) is 32.6. The van der Waals surface area contributed by atoms with Crippen molar-refractivity contribution in [2.45, 2.75) is 45.2 Å². The molecule has 3 nitrogen and oxygen atoms in total. The molecular formula is C12H24N2O. The zero-order chi connectivity index (χ0) is 10.9. The molecule has 0 aromatic rings. The van der Waals surface area contributed by atoms with Crippen LogP contribution in [0, 0.1) is 5.41 Å². The predicted octanol–water partition coefficient (Wildman–Crippen LogP) is 0.831. The highest BCUT2D eigenvalue weighted by Crippen LogP contribution is 2.31. The maximum Gasteiger partial charge on any atom is 0.0446 e. The second-order valence-corrected chi connectivity index (χ2v) is 5.91. The summed E-state index contributed by atoms with van der Waals surface area (Å²) in [5.41, 5.74) is 0.368. The molecule has 1 heterocycles. The van der Waals surface area contributed by atoms with E-state index in [0.717, 1.165) is 25.6 Å². The molecule has 0 spiro atoms. The van der Waals surface area contributed by atoms with Crippen LogP contribution in [0.2, 0.25) is 0 Å². The van der Waals surface area contributed by atoms with Crippen LogP contribution in [0.3, 0.4) is 0 Å². The number of hydrogen-bond acceptors (Lipinski definition) is 3. The number of hydrogen-bond donors (Lipinski definition) is 2. The molecule has 1 unspecified atom stereocenters. The third-order valence-electron chi connectivity index (χ3n) is 3.50. The van der Waals surface area contributed by atoms with Gasteiger partial charge in [0.05, 0.1) is 0 Å². The Labute approximate surface area is 92.8 Å². The van der Waals surface area contributed by atoms with Gasteiger partial charge < -0.3 is 10.4 Å². The maximum atomic E-state index is 9.02. The fourth-order valence-corrected chi connectivity index (χ4v) is 2.51. The van der Waals surface area contributed by atoms with E-state index >= 15 is 0 Å². The minimum atomic E-state index is 0.302. The minimum Gasteiger partial charge on any atom is -0.396 e. The lowest BCUT2D eigenvalue weighted by atomic mass is 9.93. The lowest BCUT2D eigenvalue weighted by Crippen LogP contribution is -2.39. The first-order valence-corrected chi connectivity index (χ1v) is 6.19. The fraction of sp³-hybridized carbons (Fsp3) is 1.00. The van der Waals surface area contributed by atoms with Crippen LogP contribution in [-0.2, 0) is 0 Å². The van der Waals surface area contributed by atoms with Gasteiger partial charge in [-0.2, -0.15) is 0 Å². The Balaban J connectivity index is 1.96. The number of aliphatic hydroxyl groups excluding tert-OH is 1. The zero-order valence-corrected chi connectivity index (χ0v) is 10.00. The fourth-order valence-electron chi connectivity index (χ4n) is 2.51. The standard InChI is InChI=1S/C12H24N2O/c1-12(2)8-13-10(5-6-15)7-14(9-12)11-3-4-11/h10-11,13,15H,3-9H2,1-2H3. The molecular weight excluding hydrogens is 188 g/mol. The molecule has 1 saturated heterocycles. The Morgan fingerprint density at radius 2 is 2.13 bits per heavy atom. The third kappa shape index (κ3) is 3.16. The number of rotatable bonds is 3. The van der Waals surface area contributed by atoms with E-state index in [1.807, 2.05) is 0 Å². The largest absolute Gasteiger partial charge is 0.396 e. The van der Waals surface area contributed by atoms with Crippen LogP contribution in [0.4, 0.5) is 0 Å². The Bertz CT molecular complexity index is 214. The van der Waals surface area contributed by atoms with Gasteiger partial charge in [-0.1, -0.05) is 13.8 Å². The van der Waals surface area contributed by atoms with Crippen molar-refractivity contribution in [3.05, 3.63) is 0 Å². The summed E-state index contributed by atoms with van der Waals surface area (Å²) < 4.78 is 0. The Morgan fingerprint density at radius 1 is 1.40 bits per heavy atom. The van der Waals surface area contributed by atoms with E-state index in [1.54, 1.807) is 0 Å². The van der Waals surface area contributed by atoms with E-state index < -0.39 is 0 Å². The highest BCUT2D eigenvalue weighted by Gasteiger charge is 2.36. The van der Waals surface area contributed by atoms with E-state index in [2.05, 4.69) is 24.1 Å². The Kier molecular flexibility index (Phi) is 3.33. The summed E-state index contributed by atoms with van der Waals surface area (Å²) in [4.78, 5) is 2.63. The molecule has 0 radical (unpaired) electrons. The molecule has 2 fully saturated rings. The van der Waals surface area contributed by atoms with Gasteiger partial charge in [-0.15, -0.1) is 0 Å². The summed E-state index contributed by atoms with van der Waals surface area (Å²) in [7, 11) is 0. The Morgan fingerprint density at radius 3 is 2.73 bits per heavy atom. The van der Waals surface area contributed by atoms with Gasteiger partial charge in [0, 0.05) is 38.3 Å². The molecule has 0 amide bonds. The highest BCUT2D eigenvalue weighted by molar-refractivity contribution is 4.93. The highest BCUT2D eigenvalue weighted by atomic mass is 16.3. The van der Waals surface area contributed by atoms with Crippen LogP contribution in [0.1, 0.15) is 33.1 Å². The molecule has 0 aromatic heterocycles. The van der Waals surface area contributed by atoms with Crippen molar-refractivity contribution >= 4 is 0 Å². The van der Waals surface area contributed by atoms with E-state index in [0.29, 0.717) is 18.1 Å². The van der Waals surface area contributed by atoms with Crippen LogP contribution in [-0.4, -0.2) is 48.3 Å². The van der Waals surface area contributed by atoms with E-state index in [-0.39, 0.29) is 0 Å². The van der Waals surface area contributed by atoms with Crippen molar-refractivity contribution < 1.29 is 5.11 Å². The molecule has 2 rings (SSSR count). The smallest absolute Gasteiger partial charge is 0.0446 e. The molecule has 15 heavy (non-hydrogen) atoms. The van der Waals surface area contributed by atoms with E-state index in [4.69, 9.17) is 5.11 Å². The lowest BCUT2D eigenvalue weighted by Gasteiger charge is -2.29.